The lowest BCUT2D eigenvalue weighted by Gasteiger charge is -2.33. The second kappa shape index (κ2) is 6.95. The van der Waals surface area contributed by atoms with Crippen molar-refractivity contribution in [1.29, 1.82) is 0 Å². The molecule has 9 nitrogen and oxygen atoms in total. The maximum absolute atomic E-state index is 12.2. The van der Waals surface area contributed by atoms with Gasteiger partial charge < -0.3 is 15.0 Å². The van der Waals surface area contributed by atoms with Gasteiger partial charge in [0, 0.05) is 17.4 Å². The number of hydrogen-bond acceptors (Lipinski definition) is 5. The second-order valence-electron chi connectivity index (χ2n) is 5.32. The maximum Gasteiger partial charge on any atom is 0.328 e. The van der Waals surface area contributed by atoms with Crippen LogP contribution in [-0.2, 0) is 6.54 Å². The molecule has 0 radical (unpaired) electrons. The molecule has 3 rings (SSSR count). The first-order valence-corrected chi connectivity index (χ1v) is 7.52. The van der Waals surface area contributed by atoms with E-state index in [2.05, 4.69) is 20.9 Å². The highest BCUT2D eigenvalue weighted by molar-refractivity contribution is 5.96. The van der Waals surface area contributed by atoms with Crippen molar-refractivity contribution in [1.82, 2.24) is 20.5 Å². The molecule has 9 heteroatoms. The topological polar surface area (TPSA) is 116 Å². The summed E-state index contributed by atoms with van der Waals surface area (Å²) in [6.07, 6.45) is 0.718. The third-order valence-electron chi connectivity index (χ3n) is 3.66. The average Bonchev–Trinajstić information content (AvgIpc) is 2.60. The summed E-state index contributed by atoms with van der Waals surface area (Å²) in [5.41, 5.74) is 0.662. The molecule has 2 aromatic rings. The van der Waals surface area contributed by atoms with E-state index in [4.69, 9.17) is 4.74 Å². The normalized spacial score (nSPS) is 14.7. The van der Waals surface area contributed by atoms with Gasteiger partial charge in [-0.05, 0) is 30.3 Å². The standard InChI is InChI=1S/C16H17N5O4/c1-25-12-6-4-11(5-7-12)18-14-19-15(23)21(16(24)20-14)9-10-3-2-8-17-13(10)22/h2-8,14,18H,9H2,1H3,(H,17,22)(H,19,23)(H,20,24). The molecular weight excluding hydrogens is 326 g/mol. The molecule has 0 aliphatic carbocycles. The van der Waals surface area contributed by atoms with Crippen LogP contribution in [0.5, 0.6) is 5.75 Å². The molecule has 1 aliphatic rings. The Morgan fingerprint density at radius 3 is 2.36 bits per heavy atom. The quantitative estimate of drug-likeness (QED) is 0.647. The fourth-order valence-corrected chi connectivity index (χ4v) is 2.35. The highest BCUT2D eigenvalue weighted by atomic mass is 16.5. The first-order chi connectivity index (χ1) is 12.1. The zero-order valence-corrected chi connectivity index (χ0v) is 13.4. The van der Waals surface area contributed by atoms with Gasteiger partial charge in [-0.25, -0.2) is 14.5 Å². The maximum atomic E-state index is 12.2. The number of rotatable bonds is 5. The molecule has 2 heterocycles. The number of methoxy groups -OCH3 is 1. The van der Waals surface area contributed by atoms with E-state index in [1.165, 1.54) is 6.20 Å². The Bertz CT molecular complexity index is 815. The van der Waals surface area contributed by atoms with E-state index in [-0.39, 0.29) is 12.1 Å². The van der Waals surface area contributed by atoms with E-state index >= 15 is 0 Å². The Morgan fingerprint density at radius 1 is 1.08 bits per heavy atom. The molecule has 1 aromatic heterocycles. The average molecular weight is 343 g/mol. The number of benzene rings is 1. The number of aromatic nitrogens is 1. The molecule has 1 saturated heterocycles. The molecule has 0 unspecified atom stereocenters. The van der Waals surface area contributed by atoms with Gasteiger partial charge in [-0.1, -0.05) is 6.07 Å². The van der Waals surface area contributed by atoms with E-state index in [9.17, 15) is 14.4 Å². The van der Waals surface area contributed by atoms with Crippen molar-refractivity contribution in [2.45, 2.75) is 12.8 Å². The fraction of sp³-hybridized carbons (Fsp3) is 0.188. The van der Waals surface area contributed by atoms with Crippen molar-refractivity contribution in [2.75, 3.05) is 12.4 Å². The summed E-state index contributed by atoms with van der Waals surface area (Å²) in [6.45, 7) is -0.122. The first kappa shape index (κ1) is 16.4. The second-order valence-corrected chi connectivity index (χ2v) is 5.32. The van der Waals surface area contributed by atoms with Gasteiger partial charge in [0.2, 0.25) is 0 Å². The number of urea groups is 2. The molecule has 0 spiro atoms. The summed E-state index contributed by atoms with van der Waals surface area (Å²) >= 11 is 0. The zero-order chi connectivity index (χ0) is 17.8. The van der Waals surface area contributed by atoms with Crippen LogP contribution in [0.2, 0.25) is 0 Å². The number of carbonyl (C=O) groups is 2. The minimum absolute atomic E-state index is 0.122. The van der Waals surface area contributed by atoms with Crippen LogP contribution in [0.4, 0.5) is 15.3 Å². The van der Waals surface area contributed by atoms with E-state index in [0.29, 0.717) is 17.0 Å². The van der Waals surface area contributed by atoms with Crippen molar-refractivity contribution < 1.29 is 14.3 Å². The van der Waals surface area contributed by atoms with E-state index < -0.39 is 18.4 Å². The minimum atomic E-state index is -0.765. The molecule has 0 saturated carbocycles. The first-order valence-electron chi connectivity index (χ1n) is 7.52. The largest absolute Gasteiger partial charge is 0.497 e. The van der Waals surface area contributed by atoms with E-state index in [1.807, 2.05) is 0 Å². The number of ether oxygens (including phenoxy) is 1. The lowest BCUT2D eigenvalue weighted by Crippen LogP contribution is -2.65. The van der Waals surface area contributed by atoms with Gasteiger partial charge in [0.05, 0.1) is 13.7 Å². The number of aromatic amines is 1. The molecule has 130 valence electrons. The van der Waals surface area contributed by atoms with Crippen LogP contribution < -0.4 is 26.2 Å². The summed E-state index contributed by atoms with van der Waals surface area (Å²) in [5, 5.41) is 8.20. The van der Waals surface area contributed by atoms with Gasteiger partial charge in [-0.2, -0.15) is 0 Å². The SMILES string of the molecule is COc1ccc(NC2NC(=O)N(Cc3ccc[nH]c3=O)C(=O)N2)cc1. The van der Waals surface area contributed by atoms with Gasteiger partial charge in [-0.15, -0.1) is 0 Å². The number of nitrogens with one attached hydrogen (secondary N) is 4. The van der Waals surface area contributed by atoms with Crippen molar-refractivity contribution in [3.8, 4) is 5.75 Å². The summed E-state index contributed by atoms with van der Waals surface area (Å²) in [5.74, 6) is 0.696. The van der Waals surface area contributed by atoms with Gasteiger partial charge >= 0.3 is 12.1 Å². The molecule has 1 fully saturated rings. The van der Waals surface area contributed by atoms with Crippen LogP contribution in [0.3, 0.4) is 0 Å². The van der Waals surface area contributed by atoms with Crippen molar-refractivity contribution in [3.05, 3.63) is 58.5 Å². The van der Waals surface area contributed by atoms with Crippen LogP contribution >= 0.6 is 0 Å². The zero-order valence-electron chi connectivity index (χ0n) is 13.4. The Kier molecular flexibility index (Phi) is 4.55. The Morgan fingerprint density at radius 2 is 1.76 bits per heavy atom. The van der Waals surface area contributed by atoms with Crippen molar-refractivity contribution in [2.24, 2.45) is 0 Å². The molecule has 0 bridgehead atoms. The predicted molar refractivity (Wildman–Crippen MR) is 90.1 cm³/mol. The number of H-pyrrole nitrogens is 1. The summed E-state index contributed by atoms with van der Waals surface area (Å²) < 4.78 is 5.07. The van der Waals surface area contributed by atoms with Crippen molar-refractivity contribution in [3.63, 3.8) is 0 Å². The van der Waals surface area contributed by atoms with Crippen molar-refractivity contribution >= 4 is 17.7 Å². The third-order valence-corrected chi connectivity index (χ3v) is 3.66. The Labute approximate surface area is 143 Å². The van der Waals surface area contributed by atoms with Crippen LogP contribution in [-0.4, -0.2) is 35.3 Å². The highest BCUT2D eigenvalue weighted by Gasteiger charge is 2.31. The number of anilines is 1. The molecule has 25 heavy (non-hydrogen) atoms. The molecule has 4 N–H and O–H groups in total. The van der Waals surface area contributed by atoms with E-state index in [0.717, 1.165) is 4.90 Å². The molecule has 1 aliphatic heterocycles. The molecule has 1 aromatic carbocycles. The minimum Gasteiger partial charge on any atom is -0.497 e. The molecule has 4 amide bonds. The smallest absolute Gasteiger partial charge is 0.328 e. The number of pyridine rings is 1. The lowest BCUT2D eigenvalue weighted by molar-refractivity contribution is 0.165. The Balaban J connectivity index is 1.65. The summed E-state index contributed by atoms with van der Waals surface area (Å²) in [7, 11) is 1.57. The third kappa shape index (κ3) is 3.71. The predicted octanol–water partition coefficient (Wildman–Crippen LogP) is 1.01. The summed E-state index contributed by atoms with van der Waals surface area (Å²) in [4.78, 5) is 39.5. The van der Waals surface area contributed by atoms with E-state index in [1.54, 1.807) is 43.5 Å². The molecule has 0 atom stereocenters. The van der Waals surface area contributed by atoms with Gasteiger partial charge in [0.25, 0.3) is 5.56 Å². The lowest BCUT2D eigenvalue weighted by atomic mass is 10.2. The number of imide groups is 1. The monoisotopic (exact) mass is 343 g/mol. The molecular formula is C16H17N5O4. The van der Waals surface area contributed by atoms with Crippen LogP contribution in [0.15, 0.2) is 47.4 Å². The van der Waals surface area contributed by atoms with Crippen LogP contribution in [0, 0.1) is 0 Å². The van der Waals surface area contributed by atoms with Gasteiger partial charge in [-0.3, -0.25) is 15.4 Å². The van der Waals surface area contributed by atoms with Gasteiger partial charge in [0.1, 0.15) is 5.75 Å². The number of carbonyl (C=O) groups excluding carboxylic acids is 2. The Hall–Kier alpha value is -3.49. The number of hydrogen-bond donors (Lipinski definition) is 4. The number of nitrogens with zero attached hydrogens (tertiary/aromatic N) is 1. The number of amides is 4. The van der Waals surface area contributed by atoms with Crippen LogP contribution in [0.1, 0.15) is 5.56 Å². The van der Waals surface area contributed by atoms with Gasteiger partial charge in [0.15, 0.2) is 6.29 Å². The highest BCUT2D eigenvalue weighted by Crippen LogP contribution is 2.16. The summed E-state index contributed by atoms with van der Waals surface area (Å²) in [6, 6.07) is 9.01. The van der Waals surface area contributed by atoms with Crippen LogP contribution in [0.25, 0.3) is 0 Å². The fourth-order valence-electron chi connectivity index (χ4n) is 2.35.